The van der Waals surface area contributed by atoms with Gasteiger partial charge in [-0.05, 0) is 19.1 Å². The zero-order valence-corrected chi connectivity index (χ0v) is 13.1. The Kier molecular flexibility index (Phi) is 3.80. The zero-order chi connectivity index (χ0) is 15.7. The third kappa shape index (κ3) is 2.54. The summed E-state index contributed by atoms with van der Waals surface area (Å²) in [7, 11) is 0. The molecule has 3 aromatic rings. The lowest BCUT2D eigenvalue weighted by Gasteiger charge is -2.01. The number of hydrogen-bond donors (Lipinski definition) is 0. The molecule has 0 aliphatic carbocycles. The summed E-state index contributed by atoms with van der Waals surface area (Å²) in [5.41, 5.74) is 2.01. The lowest BCUT2D eigenvalue weighted by molar-refractivity contribution is 0.104. The Morgan fingerprint density at radius 1 is 1.50 bits per heavy atom. The first-order valence-electron chi connectivity index (χ1n) is 6.44. The fraction of sp³-hybridized carbons (Fsp3) is 0.0625. The second-order valence-corrected chi connectivity index (χ2v) is 5.94. The second-order valence-electron chi connectivity index (χ2n) is 4.71. The summed E-state index contributed by atoms with van der Waals surface area (Å²) in [6.07, 6.45) is 3.29. The molecule has 0 aliphatic heterocycles. The lowest BCUT2D eigenvalue weighted by atomic mass is 10.0. The van der Waals surface area contributed by atoms with Gasteiger partial charge in [-0.25, -0.2) is 4.98 Å². The van der Waals surface area contributed by atoms with Crippen LogP contribution in [-0.2, 0) is 0 Å². The Hall–Kier alpha value is -2.42. The van der Waals surface area contributed by atoms with Crippen LogP contribution in [0.5, 0.6) is 0 Å². The highest BCUT2D eigenvalue weighted by atomic mass is 35.5. The number of aryl methyl sites for hydroxylation is 1. The van der Waals surface area contributed by atoms with Crippen LogP contribution in [-0.4, -0.2) is 15.2 Å². The molecule has 0 spiro atoms. The summed E-state index contributed by atoms with van der Waals surface area (Å²) in [4.78, 5) is 17.4. The van der Waals surface area contributed by atoms with Gasteiger partial charge in [0.25, 0.3) is 0 Å². The van der Waals surface area contributed by atoms with Gasteiger partial charge in [0.15, 0.2) is 10.1 Å². The van der Waals surface area contributed by atoms with Gasteiger partial charge in [0.05, 0.1) is 5.69 Å². The van der Waals surface area contributed by atoms with Gasteiger partial charge in [0, 0.05) is 17.1 Å². The fourth-order valence-corrected chi connectivity index (χ4v) is 3.13. The van der Waals surface area contributed by atoms with E-state index < -0.39 is 0 Å². The molecule has 2 aromatic heterocycles. The van der Waals surface area contributed by atoms with E-state index in [0.717, 1.165) is 10.5 Å². The third-order valence-electron chi connectivity index (χ3n) is 3.18. The first-order valence-corrected chi connectivity index (χ1v) is 7.70. The Bertz CT molecular complexity index is 946. The number of thiazole rings is 1. The molecular formula is C16H10ClN3OS. The first kappa shape index (κ1) is 14.5. The van der Waals surface area contributed by atoms with Crippen molar-refractivity contribution in [3.8, 4) is 6.07 Å². The van der Waals surface area contributed by atoms with Crippen molar-refractivity contribution in [1.82, 2.24) is 9.38 Å². The van der Waals surface area contributed by atoms with Crippen molar-refractivity contribution in [2.24, 2.45) is 0 Å². The van der Waals surface area contributed by atoms with Gasteiger partial charge >= 0.3 is 0 Å². The van der Waals surface area contributed by atoms with E-state index in [4.69, 9.17) is 11.6 Å². The molecule has 4 nitrogen and oxygen atoms in total. The van der Waals surface area contributed by atoms with Crippen LogP contribution in [0.3, 0.4) is 0 Å². The molecule has 0 saturated carbocycles. The molecular weight excluding hydrogens is 318 g/mol. The van der Waals surface area contributed by atoms with Crippen LogP contribution in [0.1, 0.15) is 21.6 Å². The normalized spacial score (nSPS) is 11.6. The highest BCUT2D eigenvalue weighted by Gasteiger charge is 2.16. The van der Waals surface area contributed by atoms with E-state index in [2.05, 4.69) is 4.98 Å². The number of carbonyl (C=O) groups excluding carboxylic acids is 1. The molecule has 0 atom stereocenters. The number of rotatable bonds is 3. The van der Waals surface area contributed by atoms with Gasteiger partial charge in [0.2, 0.25) is 5.78 Å². The number of hydrogen-bond acceptors (Lipinski definition) is 4. The quantitative estimate of drug-likeness (QED) is 0.412. The zero-order valence-electron chi connectivity index (χ0n) is 11.6. The molecule has 0 fully saturated rings. The van der Waals surface area contributed by atoms with Crippen LogP contribution in [0.2, 0.25) is 5.15 Å². The molecule has 22 heavy (non-hydrogen) atoms. The van der Waals surface area contributed by atoms with Crippen LogP contribution in [0.4, 0.5) is 0 Å². The molecule has 0 amide bonds. The molecule has 0 N–H and O–H groups in total. The van der Waals surface area contributed by atoms with E-state index in [9.17, 15) is 10.1 Å². The van der Waals surface area contributed by atoms with Gasteiger partial charge in [0.1, 0.15) is 11.6 Å². The minimum Gasteiger partial charge on any atom is -0.289 e. The van der Waals surface area contributed by atoms with Crippen LogP contribution in [0.15, 0.2) is 41.4 Å². The Morgan fingerprint density at radius 2 is 2.32 bits per heavy atom. The highest BCUT2D eigenvalue weighted by Crippen LogP contribution is 2.24. The van der Waals surface area contributed by atoms with Crippen LogP contribution >= 0.6 is 22.9 Å². The average Bonchev–Trinajstić information content (AvgIpc) is 3.06. The number of halogens is 1. The predicted molar refractivity (Wildman–Crippen MR) is 87.2 cm³/mol. The summed E-state index contributed by atoms with van der Waals surface area (Å²) in [5, 5.41) is 11.5. The van der Waals surface area contributed by atoms with Crippen molar-refractivity contribution in [1.29, 1.82) is 5.26 Å². The number of carbonyl (C=O) groups is 1. The molecule has 108 valence electrons. The molecule has 0 aliphatic rings. The minimum absolute atomic E-state index is 0.0282. The standard InChI is InChI=1S/C16H10ClN3OS/c1-10-3-2-4-11(7-10)14(21)12(9-18)8-13-15(17)19-16-20(13)5-6-22-16/h2-8H,1H3/b12-8+. The number of imidazole rings is 1. The van der Waals surface area contributed by atoms with Crippen LogP contribution in [0, 0.1) is 18.3 Å². The van der Waals surface area contributed by atoms with Gasteiger partial charge in [-0.15, -0.1) is 11.3 Å². The molecule has 2 heterocycles. The summed E-state index contributed by atoms with van der Waals surface area (Å²) < 4.78 is 1.76. The second kappa shape index (κ2) is 5.76. The van der Waals surface area contributed by atoms with Gasteiger partial charge < -0.3 is 0 Å². The van der Waals surface area contributed by atoms with E-state index in [1.807, 2.05) is 24.4 Å². The SMILES string of the molecule is Cc1cccc(C(=O)/C(C#N)=C/c2c(Cl)nc3sccn23)c1. The number of nitriles is 1. The largest absolute Gasteiger partial charge is 0.289 e. The van der Waals surface area contributed by atoms with E-state index in [-0.39, 0.29) is 16.5 Å². The number of ketones is 1. The number of Topliss-reactive ketones (excluding diaryl/α,β-unsaturated/α-hetero) is 1. The molecule has 3 rings (SSSR count). The van der Waals surface area contributed by atoms with Crippen LogP contribution < -0.4 is 0 Å². The maximum Gasteiger partial charge on any atom is 0.203 e. The Balaban J connectivity index is 2.08. The summed E-state index contributed by atoms with van der Waals surface area (Å²) in [6.45, 7) is 1.90. The predicted octanol–water partition coefficient (Wildman–Crippen LogP) is 4.15. The number of allylic oxidation sites excluding steroid dienone is 1. The summed E-state index contributed by atoms with van der Waals surface area (Å²) in [5.74, 6) is -0.326. The van der Waals surface area contributed by atoms with Gasteiger partial charge in [-0.2, -0.15) is 5.26 Å². The maximum atomic E-state index is 12.5. The molecule has 0 unspecified atom stereocenters. The number of nitrogens with zero attached hydrogens (tertiary/aromatic N) is 3. The van der Waals surface area contributed by atoms with Crippen LogP contribution in [0.25, 0.3) is 11.0 Å². The average molecular weight is 328 g/mol. The van der Waals surface area contributed by atoms with E-state index in [1.165, 1.54) is 17.4 Å². The monoisotopic (exact) mass is 327 g/mol. The molecule has 6 heteroatoms. The van der Waals surface area contributed by atoms with Crippen molar-refractivity contribution in [2.45, 2.75) is 6.92 Å². The van der Waals surface area contributed by atoms with Crippen molar-refractivity contribution in [2.75, 3.05) is 0 Å². The molecule has 0 bridgehead atoms. The molecule has 0 radical (unpaired) electrons. The smallest absolute Gasteiger partial charge is 0.203 e. The van der Waals surface area contributed by atoms with Crippen molar-refractivity contribution < 1.29 is 4.79 Å². The first-order chi connectivity index (χ1) is 10.6. The highest BCUT2D eigenvalue weighted by molar-refractivity contribution is 7.15. The van der Waals surface area contributed by atoms with Crippen molar-refractivity contribution >= 4 is 39.8 Å². The molecule has 1 aromatic carbocycles. The lowest BCUT2D eigenvalue weighted by Crippen LogP contribution is -2.02. The topological polar surface area (TPSA) is 58.2 Å². The number of benzene rings is 1. The van der Waals surface area contributed by atoms with E-state index in [0.29, 0.717) is 11.3 Å². The molecule has 0 saturated heterocycles. The van der Waals surface area contributed by atoms with E-state index in [1.54, 1.807) is 28.8 Å². The Morgan fingerprint density at radius 3 is 3.05 bits per heavy atom. The van der Waals surface area contributed by atoms with Gasteiger partial charge in [-0.1, -0.05) is 35.4 Å². The third-order valence-corrected chi connectivity index (χ3v) is 4.22. The van der Waals surface area contributed by atoms with E-state index >= 15 is 0 Å². The number of aromatic nitrogens is 2. The van der Waals surface area contributed by atoms with Gasteiger partial charge in [-0.3, -0.25) is 9.20 Å². The van der Waals surface area contributed by atoms with Crippen molar-refractivity contribution in [3.05, 3.63) is 63.4 Å². The maximum absolute atomic E-state index is 12.5. The van der Waals surface area contributed by atoms with Crippen molar-refractivity contribution in [3.63, 3.8) is 0 Å². The number of fused-ring (bicyclic) bond motifs is 1. The summed E-state index contributed by atoms with van der Waals surface area (Å²) in [6, 6.07) is 9.10. The summed E-state index contributed by atoms with van der Waals surface area (Å²) >= 11 is 7.53. The fourth-order valence-electron chi connectivity index (χ4n) is 2.13. The minimum atomic E-state index is -0.326. The Labute approximate surface area is 135 Å².